The second-order valence-corrected chi connectivity index (χ2v) is 3.93. The van der Waals surface area contributed by atoms with Crippen LogP contribution in [0.25, 0.3) is 0 Å². The van der Waals surface area contributed by atoms with Crippen LogP contribution in [0.15, 0.2) is 22.8 Å². The van der Waals surface area contributed by atoms with Crippen LogP contribution >= 0.6 is 12.4 Å². The number of carbonyl (C=O) groups excluding carboxylic acids is 1. The fourth-order valence-corrected chi connectivity index (χ4v) is 0.998. The molecule has 3 N–H and O–H groups in total. The quantitative estimate of drug-likeness (QED) is 0.804. The van der Waals surface area contributed by atoms with Gasteiger partial charge >= 0.3 is 0 Å². The van der Waals surface area contributed by atoms with Crippen molar-refractivity contribution in [3.05, 3.63) is 24.2 Å². The lowest BCUT2D eigenvalue weighted by Crippen LogP contribution is -2.40. The standard InChI is InChI=1S/C10H16N2O2.ClH/c1-10(2,9(11)13)7-12-6-8-4-3-5-14-8;/h3-5,12H,6-7H2,1-2H3,(H2,11,13);1H. The number of primary amides is 1. The van der Waals surface area contributed by atoms with E-state index in [1.165, 1.54) is 0 Å². The third-order valence-electron chi connectivity index (χ3n) is 2.11. The summed E-state index contributed by atoms with van der Waals surface area (Å²) < 4.78 is 5.13. The molecule has 0 aromatic carbocycles. The zero-order valence-electron chi connectivity index (χ0n) is 8.95. The first-order valence-corrected chi connectivity index (χ1v) is 4.55. The Kier molecular flexibility index (Phi) is 5.39. The van der Waals surface area contributed by atoms with E-state index in [0.717, 1.165) is 5.76 Å². The fourth-order valence-electron chi connectivity index (χ4n) is 0.998. The number of nitrogens with two attached hydrogens (primary N) is 1. The molecule has 0 atom stereocenters. The summed E-state index contributed by atoms with van der Waals surface area (Å²) in [6.07, 6.45) is 1.62. The number of amides is 1. The van der Waals surface area contributed by atoms with Gasteiger partial charge in [0.05, 0.1) is 18.2 Å². The SMILES string of the molecule is CC(C)(CNCc1ccco1)C(N)=O.Cl. The lowest BCUT2D eigenvalue weighted by atomic mass is 9.93. The Morgan fingerprint density at radius 1 is 1.60 bits per heavy atom. The van der Waals surface area contributed by atoms with Crippen molar-refractivity contribution in [1.82, 2.24) is 5.32 Å². The van der Waals surface area contributed by atoms with Gasteiger partial charge in [0, 0.05) is 6.54 Å². The Labute approximate surface area is 95.6 Å². The molecule has 0 radical (unpaired) electrons. The molecule has 0 unspecified atom stereocenters. The van der Waals surface area contributed by atoms with Gasteiger partial charge in [0.1, 0.15) is 5.76 Å². The molecule has 1 amide bonds. The molecule has 0 saturated carbocycles. The molecule has 86 valence electrons. The molecule has 4 nitrogen and oxygen atoms in total. The van der Waals surface area contributed by atoms with Gasteiger partial charge in [0.2, 0.25) is 5.91 Å². The van der Waals surface area contributed by atoms with Gasteiger partial charge in [-0.05, 0) is 26.0 Å². The van der Waals surface area contributed by atoms with Gasteiger partial charge in [-0.1, -0.05) is 0 Å². The van der Waals surface area contributed by atoms with E-state index in [9.17, 15) is 4.79 Å². The highest BCUT2D eigenvalue weighted by atomic mass is 35.5. The van der Waals surface area contributed by atoms with E-state index >= 15 is 0 Å². The van der Waals surface area contributed by atoms with Crippen LogP contribution in [0.3, 0.4) is 0 Å². The van der Waals surface area contributed by atoms with E-state index in [1.807, 2.05) is 26.0 Å². The topological polar surface area (TPSA) is 68.3 Å². The average molecular weight is 233 g/mol. The van der Waals surface area contributed by atoms with Crippen LogP contribution in [-0.4, -0.2) is 12.5 Å². The highest BCUT2D eigenvalue weighted by molar-refractivity contribution is 5.85. The molecular formula is C10H17ClN2O2. The molecule has 1 aromatic heterocycles. The van der Waals surface area contributed by atoms with E-state index < -0.39 is 5.41 Å². The van der Waals surface area contributed by atoms with Gasteiger partial charge < -0.3 is 15.5 Å². The summed E-state index contributed by atoms with van der Waals surface area (Å²) in [4.78, 5) is 11.0. The maximum atomic E-state index is 11.0. The Balaban J connectivity index is 0.00000196. The van der Waals surface area contributed by atoms with E-state index in [2.05, 4.69) is 5.32 Å². The predicted octanol–water partition coefficient (Wildman–Crippen LogP) is 1.30. The first kappa shape index (κ1) is 14.0. The summed E-state index contributed by atoms with van der Waals surface area (Å²) in [6.45, 7) is 4.78. The minimum Gasteiger partial charge on any atom is -0.468 e. The second kappa shape index (κ2) is 5.78. The van der Waals surface area contributed by atoms with E-state index in [1.54, 1.807) is 6.26 Å². The molecular weight excluding hydrogens is 216 g/mol. The molecule has 0 spiro atoms. The number of furan rings is 1. The number of rotatable bonds is 5. The predicted molar refractivity (Wildman–Crippen MR) is 60.6 cm³/mol. The van der Waals surface area contributed by atoms with Crippen LogP contribution in [0.1, 0.15) is 19.6 Å². The molecule has 1 heterocycles. The minimum absolute atomic E-state index is 0. The number of hydrogen-bond acceptors (Lipinski definition) is 3. The van der Waals surface area contributed by atoms with Gasteiger partial charge in [-0.15, -0.1) is 12.4 Å². The highest BCUT2D eigenvalue weighted by Crippen LogP contribution is 2.12. The van der Waals surface area contributed by atoms with Crippen molar-refractivity contribution in [2.24, 2.45) is 11.1 Å². The Morgan fingerprint density at radius 3 is 2.73 bits per heavy atom. The van der Waals surface area contributed by atoms with Gasteiger partial charge in [-0.25, -0.2) is 0 Å². The van der Waals surface area contributed by atoms with Crippen molar-refractivity contribution in [2.45, 2.75) is 20.4 Å². The largest absolute Gasteiger partial charge is 0.468 e. The van der Waals surface area contributed by atoms with Crippen molar-refractivity contribution in [3.8, 4) is 0 Å². The van der Waals surface area contributed by atoms with Crippen LogP contribution in [0, 0.1) is 5.41 Å². The van der Waals surface area contributed by atoms with Crippen molar-refractivity contribution in [2.75, 3.05) is 6.54 Å². The first-order valence-electron chi connectivity index (χ1n) is 4.55. The molecule has 0 bridgehead atoms. The summed E-state index contributed by atoms with van der Waals surface area (Å²) in [5, 5.41) is 3.11. The molecule has 0 aliphatic heterocycles. The third kappa shape index (κ3) is 4.36. The summed E-state index contributed by atoms with van der Waals surface area (Å²) in [7, 11) is 0. The van der Waals surface area contributed by atoms with Crippen LogP contribution in [0.2, 0.25) is 0 Å². The van der Waals surface area contributed by atoms with Crippen molar-refractivity contribution < 1.29 is 9.21 Å². The zero-order chi connectivity index (χ0) is 10.6. The van der Waals surface area contributed by atoms with Crippen LogP contribution < -0.4 is 11.1 Å². The van der Waals surface area contributed by atoms with Gasteiger partial charge in [-0.2, -0.15) is 0 Å². The van der Waals surface area contributed by atoms with E-state index in [-0.39, 0.29) is 18.3 Å². The normalized spacial score (nSPS) is 10.8. The fraction of sp³-hybridized carbons (Fsp3) is 0.500. The molecule has 15 heavy (non-hydrogen) atoms. The smallest absolute Gasteiger partial charge is 0.224 e. The number of carbonyl (C=O) groups is 1. The zero-order valence-corrected chi connectivity index (χ0v) is 9.76. The highest BCUT2D eigenvalue weighted by Gasteiger charge is 2.24. The van der Waals surface area contributed by atoms with Crippen molar-refractivity contribution >= 4 is 18.3 Å². The van der Waals surface area contributed by atoms with E-state index in [0.29, 0.717) is 13.1 Å². The summed E-state index contributed by atoms with van der Waals surface area (Å²) in [6, 6.07) is 3.71. The van der Waals surface area contributed by atoms with Crippen LogP contribution in [0.4, 0.5) is 0 Å². The summed E-state index contributed by atoms with van der Waals surface area (Å²) in [5.74, 6) is 0.551. The average Bonchev–Trinajstić information content (AvgIpc) is 2.56. The van der Waals surface area contributed by atoms with Crippen molar-refractivity contribution in [3.63, 3.8) is 0 Å². The number of halogens is 1. The van der Waals surface area contributed by atoms with Gasteiger partial charge in [-0.3, -0.25) is 4.79 Å². The molecule has 1 rings (SSSR count). The van der Waals surface area contributed by atoms with Gasteiger partial charge in [0.25, 0.3) is 0 Å². The molecule has 1 aromatic rings. The third-order valence-corrected chi connectivity index (χ3v) is 2.11. The lowest BCUT2D eigenvalue weighted by Gasteiger charge is -2.20. The molecule has 0 saturated heterocycles. The van der Waals surface area contributed by atoms with Gasteiger partial charge in [0.15, 0.2) is 0 Å². The number of hydrogen-bond donors (Lipinski definition) is 2. The summed E-state index contributed by atoms with van der Waals surface area (Å²) in [5.41, 5.74) is 4.71. The number of nitrogens with one attached hydrogen (secondary N) is 1. The molecule has 0 aliphatic carbocycles. The van der Waals surface area contributed by atoms with Crippen molar-refractivity contribution in [1.29, 1.82) is 0 Å². The maximum absolute atomic E-state index is 11.0. The Morgan fingerprint density at radius 2 is 2.27 bits per heavy atom. The Hall–Kier alpha value is -1.00. The minimum atomic E-state index is -0.521. The lowest BCUT2D eigenvalue weighted by molar-refractivity contribution is -0.125. The monoisotopic (exact) mass is 232 g/mol. The Bertz CT molecular complexity index is 296. The molecule has 5 heteroatoms. The van der Waals surface area contributed by atoms with Crippen LogP contribution in [0.5, 0.6) is 0 Å². The van der Waals surface area contributed by atoms with Crippen LogP contribution in [-0.2, 0) is 11.3 Å². The first-order chi connectivity index (χ1) is 6.52. The molecule has 0 aliphatic rings. The summed E-state index contributed by atoms with van der Waals surface area (Å²) >= 11 is 0. The second-order valence-electron chi connectivity index (χ2n) is 3.93. The van der Waals surface area contributed by atoms with E-state index in [4.69, 9.17) is 10.2 Å². The molecule has 0 fully saturated rings. The maximum Gasteiger partial charge on any atom is 0.224 e.